The molecule has 34 heavy (non-hydrogen) atoms. The molecule has 0 aliphatic carbocycles. The van der Waals surface area contributed by atoms with Crippen molar-refractivity contribution in [2.24, 2.45) is 5.92 Å². The summed E-state index contributed by atoms with van der Waals surface area (Å²) in [6.45, 7) is 10.4. The number of fused-ring (bicyclic) bond motifs is 1. The minimum absolute atomic E-state index is 0.130. The van der Waals surface area contributed by atoms with Crippen LogP contribution in [0.3, 0.4) is 0 Å². The maximum Gasteiger partial charge on any atom is 0.236 e. The number of carbonyl (C=O) groups excluding carboxylic acids is 2. The van der Waals surface area contributed by atoms with Gasteiger partial charge in [0.15, 0.2) is 0 Å². The van der Waals surface area contributed by atoms with Gasteiger partial charge in [-0.25, -0.2) is 0 Å². The molecule has 2 aromatic rings. The number of aryl methyl sites for hydroxylation is 1. The van der Waals surface area contributed by atoms with Gasteiger partial charge < -0.3 is 9.80 Å². The normalized spacial score (nSPS) is 19.7. The fraction of sp³-hybridized carbons (Fsp3) is 0.571. The Kier molecular flexibility index (Phi) is 8.43. The summed E-state index contributed by atoms with van der Waals surface area (Å²) < 4.78 is 0. The number of unbranched alkanes of at least 4 members (excludes halogenated alkanes) is 1. The minimum atomic E-state index is 0.130. The minimum Gasteiger partial charge on any atom is -0.339 e. The maximum atomic E-state index is 13.4. The van der Waals surface area contributed by atoms with Crippen LogP contribution in [0.25, 0.3) is 0 Å². The van der Waals surface area contributed by atoms with Crippen molar-refractivity contribution in [1.82, 2.24) is 14.7 Å². The van der Waals surface area contributed by atoms with E-state index in [1.165, 1.54) is 21.6 Å². The molecule has 0 radical (unpaired) electrons. The third kappa shape index (κ3) is 5.38. The second-order valence-electron chi connectivity index (χ2n) is 9.73. The van der Waals surface area contributed by atoms with Crippen LogP contribution < -0.4 is 0 Å². The molecule has 1 saturated heterocycles. The molecule has 0 saturated carbocycles. The maximum absolute atomic E-state index is 13.4. The molecule has 4 rings (SSSR count). The van der Waals surface area contributed by atoms with Gasteiger partial charge in [-0.3, -0.25) is 14.5 Å². The number of rotatable bonds is 8. The number of piperazine rings is 1. The van der Waals surface area contributed by atoms with Gasteiger partial charge in [-0.2, -0.15) is 0 Å². The number of hydrogen-bond acceptors (Lipinski definition) is 4. The molecule has 2 unspecified atom stereocenters. The molecular weight excluding hydrogens is 442 g/mol. The molecule has 2 amide bonds. The van der Waals surface area contributed by atoms with Gasteiger partial charge in [0.25, 0.3) is 0 Å². The van der Waals surface area contributed by atoms with Crippen LogP contribution in [0.1, 0.15) is 67.1 Å². The highest BCUT2D eigenvalue weighted by Crippen LogP contribution is 2.38. The number of amides is 2. The van der Waals surface area contributed by atoms with Gasteiger partial charge in [0.1, 0.15) is 0 Å². The molecule has 1 aromatic carbocycles. The second-order valence-corrected chi connectivity index (χ2v) is 10.7. The Hall–Kier alpha value is -2.18. The highest BCUT2D eigenvalue weighted by Gasteiger charge is 2.34. The van der Waals surface area contributed by atoms with Gasteiger partial charge in [0.05, 0.1) is 12.6 Å². The quantitative estimate of drug-likeness (QED) is 0.539. The van der Waals surface area contributed by atoms with E-state index in [0.717, 1.165) is 38.6 Å². The first-order valence-corrected chi connectivity index (χ1v) is 13.8. The van der Waals surface area contributed by atoms with E-state index in [0.29, 0.717) is 32.7 Å². The molecule has 3 heterocycles. The predicted octanol–water partition coefficient (Wildman–Crippen LogP) is 4.89. The van der Waals surface area contributed by atoms with Gasteiger partial charge >= 0.3 is 0 Å². The van der Waals surface area contributed by atoms with Gasteiger partial charge in [-0.1, -0.05) is 51.0 Å². The number of nitrogens with zero attached hydrogens (tertiary/aromatic N) is 3. The van der Waals surface area contributed by atoms with E-state index in [4.69, 9.17) is 0 Å². The molecule has 184 valence electrons. The highest BCUT2D eigenvalue weighted by atomic mass is 32.1. The van der Waals surface area contributed by atoms with Crippen LogP contribution >= 0.6 is 11.3 Å². The number of thiophene rings is 1. The molecule has 2 aliphatic heterocycles. The van der Waals surface area contributed by atoms with E-state index in [-0.39, 0.29) is 23.8 Å². The Morgan fingerprint density at radius 3 is 2.44 bits per heavy atom. The summed E-state index contributed by atoms with van der Waals surface area (Å²) in [7, 11) is 0. The summed E-state index contributed by atoms with van der Waals surface area (Å²) in [5, 5.41) is 2.18. The van der Waals surface area contributed by atoms with Crippen LogP contribution in [0.4, 0.5) is 0 Å². The number of carbonyl (C=O) groups is 2. The topological polar surface area (TPSA) is 43.9 Å². The third-order valence-electron chi connectivity index (χ3n) is 7.58. The summed E-state index contributed by atoms with van der Waals surface area (Å²) >= 11 is 1.83. The molecule has 5 nitrogen and oxygen atoms in total. The van der Waals surface area contributed by atoms with Crippen LogP contribution in [0.2, 0.25) is 0 Å². The Morgan fingerprint density at radius 1 is 1.00 bits per heavy atom. The lowest BCUT2D eigenvalue weighted by molar-refractivity contribution is -0.143. The van der Waals surface area contributed by atoms with Crippen LogP contribution in [0, 0.1) is 12.8 Å². The van der Waals surface area contributed by atoms with Gasteiger partial charge in [0, 0.05) is 43.5 Å². The summed E-state index contributed by atoms with van der Waals surface area (Å²) in [5.74, 6) is 0.594. The Labute approximate surface area is 208 Å². The van der Waals surface area contributed by atoms with E-state index in [1.807, 2.05) is 21.1 Å². The van der Waals surface area contributed by atoms with E-state index < -0.39 is 0 Å². The summed E-state index contributed by atoms with van der Waals surface area (Å²) in [6.07, 6.45) is 5.11. The van der Waals surface area contributed by atoms with Crippen molar-refractivity contribution < 1.29 is 9.59 Å². The summed E-state index contributed by atoms with van der Waals surface area (Å²) in [4.78, 5) is 34.1. The Bertz CT molecular complexity index is 980. The lowest BCUT2D eigenvalue weighted by Gasteiger charge is -2.40. The van der Waals surface area contributed by atoms with Gasteiger partial charge in [-0.05, 0) is 54.3 Å². The van der Waals surface area contributed by atoms with E-state index >= 15 is 0 Å². The molecule has 6 heteroatoms. The van der Waals surface area contributed by atoms with Crippen molar-refractivity contribution in [3.05, 3.63) is 57.3 Å². The van der Waals surface area contributed by atoms with Crippen molar-refractivity contribution >= 4 is 23.2 Å². The van der Waals surface area contributed by atoms with Crippen LogP contribution in [-0.2, 0) is 16.0 Å². The average Bonchev–Trinajstić information content (AvgIpc) is 3.34. The molecule has 0 bridgehead atoms. The lowest BCUT2D eigenvalue weighted by Crippen LogP contribution is -2.54. The Balaban J connectivity index is 1.40. The zero-order chi connectivity index (χ0) is 24.1. The van der Waals surface area contributed by atoms with Crippen molar-refractivity contribution in [2.75, 3.05) is 39.3 Å². The first kappa shape index (κ1) is 24.9. The largest absolute Gasteiger partial charge is 0.339 e. The molecule has 1 aromatic heterocycles. The van der Waals surface area contributed by atoms with Crippen LogP contribution in [-0.4, -0.2) is 65.8 Å². The van der Waals surface area contributed by atoms with Crippen molar-refractivity contribution in [3.63, 3.8) is 0 Å². The molecular formula is C28H39N3O2S. The van der Waals surface area contributed by atoms with Crippen molar-refractivity contribution in [3.8, 4) is 0 Å². The zero-order valence-corrected chi connectivity index (χ0v) is 21.8. The summed E-state index contributed by atoms with van der Waals surface area (Å²) in [6, 6.07) is 10.9. The first-order chi connectivity index (χ1) is 16.5. The Morgan fingerprint density at radius 2 is 1.74 bits per heavy atom. The van der Waals surface area contributed by atoms with E-state index in [1.54, 1.807) is 0 Å². The number of hydrogen-bond donors (Lipinski definition) is 0. The fourth-order valence-corrected chi connectivity index (χ4v) is 6.36. The molecule has 2 aliphatic rings. The standard InChI is InChI=1S/C28H39N3O2S/c1-4-6-10-22(5-2)28(33)30-17-15-29(16-18-30)26(32)20-31-14-12-25-24(13-19-34-25)27(31)23-11-8-7-9-21(23)3/h7-9,11,13,19,22,27H,4-6,10,12,14-18,20H2,1-3H3. The van der Waals surface area contributed by atoms with Crippen LogP contribution in [0.5, 0.6) is 0 Å². The zero-order valence-electron chi connectivity index (χ0n) is 21.0. The van der Waals surface area contributed by atoms with Gasteiger partial charge in [0.2, 0.25) is 11.8 Å². The third-order valence-corrected chi connectivity index (χ3v) is 8.58. The SMILES string of the molecule is CCCCC(CC)C(=O)N1CCN(C(=O)CN2CCc3sccc3C2c2ccccc2C)CC1. The van der Waals surface area contributed by atoms with Crippen molar-refractivity contribution in [2.45, 2.75) is 58.9 Å². The number of benzene rings is 1. The molecule has 0 spiro atoms. The molecule has 1 fully saturated rings. The summed E-state index contributed by atoms with van der Waals surface area (Å²) in [5.41, 5.74) is 3.92. The second kappa shape index (κ2) is 11.5. The highest BCUT2D eigenvalue weighted by molar-refractivity contribution is 7.10. The lowest BCUT2D eigenvalue weighted by atomic mass is 9.90. The van der Waals surface area contributed by atoms with E-state index in [2.05, 4.69) is 61.4 Å². The first-order valence-electron chi connectivity index (χ1n) is 13.0. The van der Waals surface area contributed by atoms with E-state index in [9.17, 15) is 9.59 Å². The average molecular weight is 482 g/mol. The predicted molar refractivity (Wildman–Crippen MR) is 139 cm³/mol. The molecule has 0 N–H and O–H groups in total. The molecule has 2 atom stereocenters. The van der Waals surface area contributed by atoms with Gasteiger partial charge in [-0.15, -0.1) is 11.3 Å². The van der Waals surface area contributed by atoms with Crippen molar-refractivity contribution in [1.29, 1.82) is 0 Å². The van der Waals surface area contributed by atoms with Crippen LogP contribution in [0.15, 0.2) is 35.7 Å². The fourth-order valence-electron chi connectivity index (χ4n) is 5.46. The monoisotopic (exact) mass is 481 g/mol. The smallest absolute Gasteiger partial charge is 0.236 e.